The number of ether oxygens (including phenoxy) is 1. The Morgan fingerprint density at radius 1 is 1.21 bits per heavy atom. The quantitative estimate of drug-likeness (QED) is 0.750. The lowest BCUT2D eigenvalue weighted by Crippen LogP contribution is -2.11. The van der Waals surface area contributed by atoms with Crippen molar-refractivity contribution < 1.29 is 9.53 Å². The number of benzene rings is 1. The van der Waals surface area contributed by atoms with Gasteiger partial charge in [-0.15, -0.1) is 11.3 Å². The summed E-state index contributed by atoms with van der Waals surface area (Å²) in [5.74, 6) is 0.405. The van der Waals surface area contributed by atoms with E-state index in [1.807, 2.05) is 26.8 Å². The van der Waals surface area contributed by atoms with E-state index in [0.29, 0.717) is 23.1 Å². The Bertz CT molecular complexity index is 853. The molecule has 0 spiro atoms. The first-order chi connectivity index (χ1) is 11.5. The highest BCUT2D eigenvalue weighted by atomic mass is 32.1. The molecule has 2 aromatic heterocycles. The van der Waals surface area contributed by atoms with Crippen molar-refractivity contribution in [2.75, 3.05) is 5.32 Å². The third-order valence-corrected chi connectivity index (χ3v) is 5.11. The fraction of sp³-hybridized carbons (Fsp3) is 0.250. The predicted molar refractivity (Wildman–Crippen MR) is 95.0 cm³/mol. The van der Waals surface area contributed by atoms with Crippen molar-refractivity contribution in [2.45, 2.75) is 27.4 Å². The van der Waals surface area contributed by atoms with E-state index in [2.05, 4.69) is 19.0 Å². The van der Waals surface area contributed by atoms with E-state index in [-0.39, 0.29) is 5.91 Å². The van der Waals surface area contributed by atoms with Crippen LogP contribution in [-0.2, 0) is 6.61 Å². The Balaban J connectivity index is 1.67. The Labute approximate surface area is 147 Å². The Morgan fingerprint density at radius 2 is 2.04 bits per heavy atom. The number of carbonyl (C=O) groups excluding carboxylic acids is 1. The lowest BCUT2D eigenvalue weighted by atomic mass is 10.2. The first-order valence-electron chi connectivity index (χ1n) is 7.29. The van der Waals surface area contributed by atoms with E-state index in [0.717, 1.165) is 33.7 Å². The van der Waals surface area contributed by atoms with Gasteiger partial charge in [-0.3, -0.25) is 10.1 Å². The number of carbonyl (C=O) groups is 1. The fourth-order valence-electron chi connectivity index (χ4n) is 1.95. The minimum absolute atomic E-state index is 0.208. The highest BCUT2D eigenvalue weighted by molar-refractivity contribution is 7.15. The number of aromatic nitrogens is 3. The van der Waals surface area contributed by atoms with Gasteiger partial charge in [0.15, 0.2) is 5.13 Å². The molecule has 0 aliphatic heterocycles. The minimum Gasteiger partial charge on any atom is -0.487 e. The van der Waals surface area contributed by atoms with E-state index < -0.39 is 0 Å². The summed E-state index contributed by atoms with van der Waals surface area (Å²) in [6.45, 7) is 6.13. The lowest BCUT2D eigenvalue weighted by Gasteiger charge is -2.07. The summed E-state index contributed by atoms with van der Waals surface area (Å²) in [4.78, 5) is 17.8. The summed E-state index contributed by atoms with van der Waals surface area (Å²) in [7, 11) is 0. The second-order valence-corrected chi connectivity index (χ2v) is 6.96. The molecular weight excluding hydrogens is 344 g/mol. The maximum absolute atomic E-state index is 12.4. The minimum atomic E-state index is -0.208. The molecular formula is C16H16N4O2S2. The van der Waals surface area contributed by atoms with Crippen LogP contribution in [0.15, 0.2) is 24.3 Å². The molecule has 0 atom stereocenters. The molecule has 124 valence electrons. The highest BCUT2D eigenvalue weighted by Crippen LogP contribution is 2.22. The Hall–Kier alpha value is -2.32. The van der Waals surface area contributed by atoms with Gasteiger partial charge in [0.1, 0.15) is 18.1 Å². The highest BCUT2D eigenvalue weighted by Gasteiger charge is 2.11. The maximum atomic E-state index is 12.4. The summed E-state index contributed by atoms with van der Waals surface area (Å²) >= 11 is 2.63. The number of thiazole rings is 1. The molecule has 0 aliphatic rings. The molecule has 24 heavy (non-hydrogen) atoms. The number of aryl methyl sites for hydroxylation is 3. The molecule has 3 rings (SSSR count). The number of nitrogens with zero attached hydrogens (tertiary/aromatic N) is 3. The molecule has 1 aromatic carbocycles. The molecule has 0 aliphatic carbocycles. The second kappa shape index (κ2) is 7.06. The van der Waals surface area contributed by atoms with Crippen molar-refractivity contribution in [1.29, 1.82) is 0 Å². The largest absolute Gasteiger partial charge is 0.487 e. The van der Waals surface area contributed by atoms with Gasteiger partial charge < -0.3 is 4.74 Å². The molecule has 0 saturated carbocycles. The van der Waals surface area contributed by atoms with Gasteiger partial charge in [-0.05, 0) is 39.0 Å². The fourth-order valence-corrected chi connectivity index (χ4v) is 3.32. The predicted octanol–water partition coefficient (Wildman–Crippen LogP) is 3.75. The first kappa shape index (κ1) is 16.5. The molecule has 1 N–H and O–H groups in total. The third kappa shape index (κ3) is 3.77. The van der Waals surface area contributed by atoms with E-state index in [1.54, 1.807) is 18.2 Å². The number of hydrogen-bond donors (Lipinski definition) is 1. The molecule has 0 radical (unpaired) electrons. The van der Waals surface area contributed by atoms with Gasteiger partial charge >= 0.3 is 0 Å². The van der Waals surface area contributed by atoms with Crippen LogP contribution in [0.25, 0.3) is 0 Å². The average Bonchev–Trinajstić information content (AvgIpc) is 3.11. The van der Waals surface area contributed by atoms with Crippen LogP contribution in [0.1, 0.15) is 32.3 Å². The van der Waals surface area contributed by atoms with Gasteiger partial charge in [0.05, 0.1) is 23.1 Å². The van der Waals surface area contributed by atoms with E-state index >= 15 is 0 Å². The Morgan fingerprint density at radius 3 is 2.71 bits per heavy atom. The lowest BCUT2D eigenvalue weighted by molar-refractivity contribution is 0.102. The van der Waals surface area contributed by atoms with Crippen LogP contribution in [0.2, 0.25) is 0 Å². The zero-order valence-electron chi connectivity index (χ0n) is 13.5. The number of amides is 1. The van der Waals surface area contributed by atoms with Crippen molar-refractivity contribution >= 4 is 34.1 Å². The zero-order chi connectivity index (χ0) is 17.1. The Kier molecular flexibility index (Phi) is 4.86. The molecule has 0 unspecified atom stereocenters. The van der Waals surface area contributed by atoms with Crippen LogP contribution < -0.4 is 10.1 Å². The molecule has 0 fully saturated rings. The van der Waals surface area contributed by atoms with Crippen LogP contribution in [0.4, 0.5) is 5.13 Å². The topological polar surface area (TPSA) is 77.0 Å². The summed E-state index contributed by atoms with van der Waals surface area (Å²) in [6, 6.07) is 7.04. The maximum Gasteiger partial charge on any atom is 0.257 e. The molecule has 3 aromatic rings. The van der Waals surface area contributed by atoms with Crippen molar-refractivity contribution in [3.63, 3.8) is 0 Å². The van der Waals surface area contributed by atoms with Crippen LogP contribution >= 0.6 is 23.1 Å². The summed E-state index contributed by atoms with van der Waals surface area (Å²) < 4.78 is 14.0. The molecule has 0 bridgehead atoms. The molecule has 1 amide bonds. The van der Waals surface area contributed by atoms with Gasteiger partial charge in [-0.25, -0.2) is 4.98 Å². The smallest absolute Gasteiger partial charge is 0.257 e. The summed E-state index contributed by atoms with van der Waals surface area (Å²) in [5.41, 5.74) is 3.12. The molecule has 0 saturated heterocycles. The second-order valence-electron chi connectivity index (χ2n) is 5.23. The van der Waals surface area contributed by atoms with Gasteiger partial charge in [0.25, 0.3) is 5.91 Å². The first-order valence-corrected chi connectivity index (χ1v) is 8.84. The number of nitrogens with one attached hydrogen (secondary N) is 1. The summed E-state index contributed by atoms with van der Waals surface area (Å²) in [6.07, 6.45) is 0. The number of anilines is 1. The van der Waals surface area contributed by atoms with Crippen molar-refractivity contribution in [2.24, 2.45) is 0 Å². The number of rotatable bonds is 5. The van der Waals surface area contributed by atoms with Crippen LogP contribution in [-0.4, -0.2) is 19.6 Å². The van der Waals surface area contributed by atoms with Crippen molar-refractivity contribution in [1.82, 2.24) is 13.7 Å². The van der Waals surface area contributed by atoms with Gasteiger partial charge in [0, 0.05) is 10.4 Å². The van der Waals surface area contributed by atoms with Gasteiger partial charge in [-0.2, -0.15) is 8.75 Å². The van der Waals surface area contributed by atoms with Crippen molar-refractivity contribution in [3.05, 3.63) is 51.8 Å². The van der Waals surface area contributed by atoms with Crippen molar-refractivity contribution in [3.8, 4) is 5.75 Å². The summed E-state index contributed by atoms with van der Waals surface area (Å²) in [5, 5.41) is 3.42. The normalized spacial score (nSPS) is 10.6. The van der Waals surface area contributed by atoms with Crippen LogP contribution in [0.5, 0.6) is 5.75 Å². The SMILES string of the molecule is Cc1nsnc1COc1cccc(C(=O)Nc2nc(C)c(C)s2)c1. The van der Waals surface area contributed by atoms with E-state index in [9.17, 15) is 4.79 Å². The average molecular weight is 360 g/mol. The van der Waals surface area contributed by atoms with Crippen LogP contribution in [0, 0.1) is 20.8 Å². The van der Waals surface area contributed by atoms with Gasteiger partial charge in [0.2, 0.25) is 0 Å². The molecule has 6 nitrogen and oxygen atoms in total. The van der Waals surface area contributed by atoms with E-state index in [1.165, 1.54) is 11.3 Å². The number of hydrogen-bond acceptors (Lipinski definition) is 7. The van der Waals surface area contributed by atoms with Gasteiger partial charge in [-0.1, -0.05) is 6.07 Å². The van der Waals surface area contributed by atoms with Crippen LogP contribution in [0.3, 0.4) is 0 Å². The zero-order valence-corrected chi connectivity index (χ0v) is 15.1. The van der Waals surface area contributed by atoms with E-state index in [4.69, 9.17) is 4.74 Å². The third-order valence-electron chi connectivity index (χ3n) is 3.47. The monoisotopic (exact) mass is 360 g/mol. The molecule has 2 heterocycles. The molecule has 8 heteroatoms. The standard InChI is InChI=1S/C16H16N4O2S2/c1-9-11(3)23-16(17-9)18-15(21)12-5-4-6-13(7-12)22-8-14-10(2)19-24-20-14/h4-7H,8H2,1-3H3,(H,17,18,21).